The van der Waals surface area contributed by atoms with Crippen LogP contribution in [0.3, 0.4) is 0 Å². The van der Waals surface area contributed by atoms with E-state index in [0.29, 0.717) is 22.4 Å². The second-order valence-corrected chi connectivity index (χ2v) is 10.9. The first-order valence-corrected chi connectivity index (χ1v) is 15.5. The average molecular weight is 553 g/mol. The molecule has 4 nitrogen and oxygen atoms in total. The van der Waals surface area contributed by atoms with Crippen molar-refractivity contribution >= 4 is 41.9 Å². The number of nitrogens with zero attached hydrogens (tertiary/aromatic N) is 2. The molecule has 2 N–H and O–H groups in total. The summed E-state index contributed by atoms with van der Waals surface area (Å²) >= 11 is -0.556. The minimum atomic E-state index is -0.727. The zero-order chi connectivity index (χ0) is 26.0. The summed E-state index contributed by atoms with van der Waals surface area (Å²) in [6, 6.07) is 32.0. The number of phenolic OH excluding ortho intramolecular Hbond substituents is 2. The molecule has 0 amide bonds. The molecule has 0 spiro atoms. The maximum absolute atomic E-state index is 11.2. The Labute approximate surface area is 228 Å². The van der Waals surface area contributed by atoms with Crippen LogP contribution in [-0.4, -0.2) is 22.1 Å². The van der Waals surface area contributed by atoms with Crippen LogP contribution < -0.4 is 0 Å². The molecule has 0 aliphatic heterocycles. The van der Waals surface area contributed by atoms with Crippen molar-refractivity contribution in [2.24, 2.45) is 9.98 Å². The summed E-state index contributed by atoms with van der Waals surface area (Å²) in [7, 11) is 9.78. The van der Waals surface area contributed by atoms with Gasteiger partial charge in [-0.25, -0.2) is 0 Å². The number of para-hydroxylation sites is 4. The predicted molar refractivity (Wildman–Crippen MR) is 147 cm³/mol. The van der Waals surface area contributed by atoms with Gasteiger partial charge in [0.25, 0.3) is 0 Å². The molecule has 0 unspecified atom stereocenters. The van der Waals surface area contributed by atoms with Gasteiger partial charge in [-0.05, 0) is 56.3 Å². The van der Waals surface area contributed by atoms with Gasteiger partial charge in [0.1, 0.15) is 11.5 Å². The molecule has 0 heterocycles. The van der Waals surface area contributed by atoms with E-state index in [-0.39, 0.29) is 11.5 Å². The van der Waals surface area contributed by atoms with Gasteiger partial charge in [-0.1, -0.05) is 60.7 Å². The summed E-state index contributed by atoms with van der Waals surface area (Å²) in [5.41, 5.74) is 3.42. The van der Waals surface area contributed by atoms with E-state index in [1.54, 1.807) is 18.3 Å². The van der Waals surface area contributed by atoms with Crippen molar-refractivity contribution in [1.82, 2.24) is 0 Å². The number of hydrogen-bond donors (Lipinski definition) is 2. The van der Waals surface area contributed by atoms with E-state index in [1.165, 1.54) is 0 Å². The number of halogens is 2. The Hall–Kier alpha value is -2.89. The van der Waals surface area contributed by atoms with Gasteiger partial charge in [0.2, 0.25) is 0 Å². The molecule has 4 aromatic rings. The Morgan fingerprint density at radius 2 is 1.31 bits per heavy atom. The van der Waals surface area contributed by atoms with Gasteiger partial charge in [0.15, 0.2) is 0 Å². The molecule has 7 heteroatoms. The molecule has 0 radical (unpaired) electrons. The molecular formula is C29H26Cl2N2O2Ti. The fourth-order valence-corrected chi connectivity index (χ4v) is 3.80. The van der Waals surface area contributed by atoms with Gasteiger partial charge in [0, 0.05) is 28.3 Å². The van der Waals surface area contributed by atoms with Crippen molar-refractivity contribution in [3.8, 4) is 11.5 Å². The van der Waals surface area contributed by atoms with Crippen molar-refractivity contribution < 1.29 is 27.2 Å². The number of hydrogen-bond acceptors (Lipinski definition) is 4. The summed E-state index contributed by atoms with van der Waals surface area (Å²) in [6.45, 7) is 3.99. The number of benzene rings is 4. The fraction of sp³-hybridized carbons (Fsp3) is 0.103. The molecule has 0 atom stereocenters. The summed E-state index contributed by atoms with van der Waals surface area (Å²) in [5.74, 6) is 0.278. The SMILES string of the molecule is CC(C)(C(=Nc1ccccc1)c1ccccc1O)c1cccc(C=Nc2ccccc2)c1O.[Cl][Ti][Cl]. The molecule has 0 saturated heterocycles. The zero-order valence-corrected chi connectivity index (χ0v) is 23.0. The normalized spacial score (nSPS) is 11.6. The molecule has 0 aliphatic rings. The molecule has 0 saturated carbocycles. The Morgan fingerprint density at radius 3 is 1.92 bits per heavy atom. The van der Waals surface area contributed by atoms with Gasteiger partial charge >= 0.3 is 35.6 Å². The van der Waals surface area contributed by atoms with Gasteiger partial charge in [0.05, 0.1) is 17.1 Å². The summed E-state index contributed by atoms with van der Waals surface area (Å²) in [5, 5.41) is 21.9. The summed E-state index contributed by atoms with van der Waals surface area (Å²) < 4.78 is 0. The molecule has 4 rings (SSSR count). The molecule has 0 bridgehead atoms. The van der Waals surface area contributed by atoms with Crippen molar-refractivity contribution in [2.75, 3.05) is 0 Å². The number of phenols is 2. The van der Waals surface area contributed by atoms with Crippen LogP contribution in [0.1, 0.15) is 30.5 Å². The molecule has 0 aliphatic carbocycles. The zero-order valence-electron chi connectivity index (χ0n) is 19.9. The molecular weight excluding hydrogens is 527 g/mol. The van der Waals surface area contributed by atoms with E-state index in [2.05, 4.69) is 4.99 Å². The Morgan fingerprint density at radius 1 is 0.750 bits per heavy atom. The van der Waals surface area contributed by atoms with E-state index in [1.807, 2.05) is 105 Å². The van der Waals surface area contributed by atoms with Crippen LogP contribution in [0.5, 0.6) is 11.5 Å². The second kappa shape index (κ2) is 13.4. The van der Waals surface area contributed by atoms with Gasteiger partial charge in [-0.2, -0.15) is 0 Å². The topological polar surface area (TPSA) is 65.2 Å². The van der Waals surface area contributed by atoms with Crippen LogP contribution in [0.4, 0.5) is 11.4 Å². The van der Waals surface area contributed by atoms with Crippen molar-refractivity contribution in [3.63, 3.8) is 0 Å². The summed E-state index contributed by atoms with van der Waals surface area (Å²) in [6.07, 6.45) is 1.66. The Balaban J connectivity index is 0.00000115. The van der Waals surface area contributed by atoms with E-state index in [9.17, 15) is 10.2 Å². The monoisotopic (exact) mass is 552 g/mol. The third-order valence-corrected chi connectivity index (χ3v) is 5.60. The van der Waals surface area contributed by atoms with E-state index >= 15 is 0 Å². The first-order chi connectivity index (χ1) is 17.4. The quantitative estimate of drug-likeness (QED) is 0.186. The molecule has 0 aromatic heterocycles. The van der Waals surface area contributed by atoms with E-state index < -0.39 is 22.4 Å². The van der Waals surface area contributed by atoms with Gasteiger partial charge in [-0.3, -0.25) is 9.98 Å². The Kier molecular flexibility index (Phi) is 10.3. The van der Waals surface area contributed by atoms with Gasteiger partial charge in [-0.15, -0.1) is 0 Å². The Bertz CT molecular complexity index is 1330. The second-order valence-electron chi connectivity index (χ2n) is 8.35. The van der Waals surface area contributed by atoms with Crippen molar-refractivity contribution in [3.05, 3.63) is 120 Å². The van der Waals surface area contributed by atoms with Gasteiger partial charge < -0.3 is 10.2 Å². The fourth-order valence-electron chi connectivity index (χ4n) is 3.80. The van der Waals surface area contributed by atoms with Crippen LogP contribution in [0, 0.1) is 0 Å². The number of aromatic hydroxyl groups is 2. The predicted octanol–water partition coefficient (Wildman–Crippen LogP) is 8.32. The standard InChI is InChI=1S/C29H26N2O2.2ClH.Ti/c1-29(2,25-18-11-12-21(27(25)33)20-30-22-13-5-3-6-14-22)28(24-17-9-10-19-26(24)32)31-23-15-7-4-8-16-23;;;/h3-20,32-33H,1-2H3;2*1H;/q;;;+2/p-2. The number of aliphatic imine (C=N–C) groups is 2. The molecule has 0 fully saturated rings. The van der Waals surface area contributed by atoms with Crippen LogP contribution in [0.2, 0.25) is 0 Å². The van der Waals surface area contributed by atoms with Crippen LogP contribution in [0.15, 0.2) is 113 Å². The number of rotatable bonds is 6. The third-order valence-electron chi connectivity index (χ3n) is 5.60. The molecule has 4 aromatic carbocycles. The van der Waals surface area contributed by atoms with Crippen LogP contribution in [0.25, 0.3) is 0 Å². The first kappa shape index (κ1) is 27.7. The van der Waals surface area contributed by atoms with Crippen molar-refractivity contribution in [1.29, 1.82) is 0 Å². The van der Waals surface area contributed by atoms with Crippen molar-refractivity contribution in [2.45, 2.75) is 19.3 Å². The first-order valence-electron chi connectivity index (χ1n) is 11.2. The van der Waals surface area contributed by atoms with Crippen LogP contribution >= 0.6 is 18.6 Å². The maximum atomic E-state index is 11.2. The molecule has 36 heavy (non-hydrogen) atoms. The average Bonchev–Trinajstić information content (AvgIpc) is 2.89. The van der Waals surface area contributed by atoms with Crippen LogP contribution in [-0.2, 0) is 22.4 Å². The molecule has 182 valence electrons. The van der Waals surface area contributed by atoms with E-state index in [0.717, 1.165) is 11.4 Å². The van der Waals surface area contributed by atoms with E-state index in [4.69, 9.17) is 23.6 Å². The summed E-state index contributed by atoms with van der Waals surface area (Å²) in [4.78, 5) is 9.40. The third kappa shape index (κ3) is 7.08. The minimum absolute atomic E-state index is 0.137.